The normalized spacial score (nSPS) is 11.2. The Hall–Kier alpha value is -2.08. The first-order valence-corrected chi connectivity index (χ1v) is 4.97. The zero-order valence-corrected chi connectivity index (χ0v) is 9.14. The van der Waals surface area contributed by atoms with E-state index in [0.29, 0.717) is 12.0 Å². The molecule has 0 bridgehead atoms. The molecule has 1 rings (SSSR count). The summed E-state index contributed by atoms with van der Waals surface area (Å²) in [5.41, 5.74) is 1.66. The molecule has 82 valence electrons. The Balaban J connectivity index is 2.56. The van der Waals surface area contributed by atoms with Gasteiger partial charge in [0.25, 0.3) is 0 Å². The summed E-state index contributed by atoms with van der Waals surface area (Å²) in [7, 11) is 0. The number of rotatable bonds is 4. The first-order chi connectivity index (χ1) is 7.65. The van der Waals surface area contributed by atoms with Gasteiger partial charge in [0.15, 0.2) is 0 Å². The first kappa shape index (κ1) is 12.0. The molecule has 1 atom stereocenters. The van der Waals surface area contributed by atoms with E-state index >= 15 is 0 Å². The summed E-state index contributed by atoms with van der Waals surface area (Å²) < 4.78 is 5.04. The summed E-state index contributed by atoms with van der Waals surface area (Å²) in [6.07, 6.45) is 1.58. The van der Waals surface area contributed by atoms with Crippen LogP contribution in [0, 0.1) is 11.3 Å². The van der Waals surface area contributed by atoms with Crippen LogP contribution in [0.15, 0.2) is 36.9 Å². The molecule has 0 radical (unpaired) electrons. The SMILES string of the molecule is C=CC(=O)OC(C)Cc1ccc(C#N)cc1. The van der Waals surface area contributed by atoms with Gasteiger partial charge in [0.05, 0.1) is 11.6 Å². The molecule has 1 unspecified atom stereocenters. The third kappa shape index (κ3) is 3.58. The standard InChI is InChI=1S/C13H13NO2/c1-3-13(15)16-10(2)8-11-4-6-12(9-14)7-5-11/h3-7,10H,1,8H2,2H3. The zero-order chi connectivity index (χ0) is 12.0. The lowest BCUT2D eigenvalue weighted by Gasteiger charge is -2.11. The van der Waals surface area contributed by atoms with Crippen molar-refractivity contribution in [3.05, 3.63) is 48.0 Å². The highest BCUT2D eigenvalue weighted by Gasteiger charge is 2.07. The molecule has 0 spiro atoms. The topological polar surface area (TPSA) is 50.1 Å². The van der Waals surface area contributed by atoms with Crippen molar-refractivity contribution in [1.82, 2.24) is 0 Å². The van der Waals surface area contributed by atoms with E-state index in [1.165, 1.54) is 0 Å². The number of benzene rings is 1. The maximum atomic E-state index is 10.9. The fraction of sp³-hybridized carbons (Fsp3) is 0.231. The van der Waals surface area contributed by atoms with Crippen LogP contribution >= 0.6 is 0 Å². The van der Waals surface area contributed by atoms with E-state index in [1.54, 1.807) is 12.1 Å². The molecule has 16 heavy (non-hydrogen) atoms. The van der Waals surface area contributed by atoms with Crippen molar-refractivity contribution in [2.45, 2.75) is 19.4 Å². The molecule has 0 aliphatic heterocycles. The lowest BCUT2D eigenvalue weighted by molar-refractivity contribution is -0.142. The van der Waals surface area contributed by atoms with E-state index in [9.17, 15) is 4.79 Å². The van der Waals surface area contributed by atoms with Crippen molar-refractivity contribution < 1.29 is 9.53 Å². The first-order valence-electron chi connectivity index (χ1n) is 4.97. The van der Waals surface area contributed by atoms with Crippen LogP contribution in [0.3, 0.4) is 0 Å². The molecule has 0 aliphatic rings. The van der Waals surface area contributed by atoms with Crippen LogP contribution in [0.4, 0.5) is 0 Å². The van der Waals surface area contributed by atoms with Gasteiger partial charge in [-0.05, 0) is 24.6 Å². The Kier molecular flexibility index (Phi) is 4.28. The number of hydrogen-bond acceptors (Lipinski definition) is 3. The quantitative estimate of drug-likeness (QED) is 0.571. The maximum absolute atomic E-state index is 10.9. The minimum atomic E-state index is -0.416. The Morgan fingerprint density at radius 2 is 2.19 bits per heavy atom. The zero-order valence-electron chi connectivity index (χ0n) is 9.14. The average molecular weight is 215 g/mol. The van der Waals surface area contributed by atoms with E-state index in [-0.39, 0.29) is 6.10 Å². The van der Waals surface area contributed by atoms with Gasteiger partial charge in [-0.3, -0.25) is 0 Å². The Bertz CT molecular complexity index is 415. The predicted octanol–water partition coefficient (Wildman–Crippen LogP) is 2.22. The number of ether oxygens (including phenoxy) is 1. The molecule has 0 aliphatic carbocycles. The largest absolute Gasteiger partial charge is 0.459 e. The van der Waals surface area contributed by atoms with Crippen LogP contribution in [-0.2, 0) is 16.0 Å². The molecule has 0 saturated heterocycles. The van der Waals surface area contributed by atoms with Gasteiger partial charge in [0.1, 0.15) is 6.10 Å². The van der Waals surface area contributed by atoms with Crippen molar-refractivity contribution in [3.8, 4) is 6.07 Å². The van der Waals surface area contributed by atoms with Crippen LogP contribution in [0.5, 0.6) is 0 Å². The molecule has 1 aromatic carbocycles. The summed E-state index contributed by atoms with van der Waals surface area (Å²) in [5.74, 6) is -0.416. The molecular formula is C13H13NO2. The minimum absolute atomic E-state index is 0.196. The molecule has 1 aromatic rings. The summed E-state index contributed by atoms with van der Waals surface area (Å²) in [4.78, 5) is 10.9. The lowest BCUT2D eigenvalue weighted by atomic mass is 10.1. The van der Waals surface area contributed by atoms with Crippen LogP contribution in [-0.4, -0.2) is 12.1 Å². The molecule has 0 saturated carbocycles. The summed E-state index contributed by atoms with van der Waals surface area (Å²) in [6.45, 7) is 5.15. The van der Waals surface area contributed by atoms with Crippen molar-refractivity contribution >= 4 is 5.97 Å². The minimum Gasteiger partial charge on any atom is -0.459 e. The van der Waals surface area contributed by atoms with E-state index in [1.807, 2.05) is 19.1 Å². The maximum Gasteiger partial charge on any atom is 0.330 e. The van der Waals surface area contributed by atoms with E-state index in [0.717, 1.165) is 11.6 Å². The van der Waals surface area contributed by atoms with Gasteiger partial charge in [0.2, 0.25) is 0 Å². The number of carbonyl (C=O) groups is 1. The highest BCUT2D eigenvalue weighted by Crippen LogP contribution is 2.08. The smallest absolute Gasteiger partial charge is 0.330 e. The van der Waals surface area contributed by atoms with Crippen molar-refractivity contribution in [2.75, 3.05) is 0 Å². The van der Waals surface area contributed by atoms with Crippen molar-refractivity contribution in [1.29, 1.82) is 5.26 Å². The Morgan fingerprint density at radius 1 is 1.56 bits per heavy atom. The number of esters is 1. The van der Waals surface area contributed by atoms with E-state index in [2.05, 4.69) is 12.6 Å². The fourth-order valence-electron chi connectivity index (χ4n) is 1.34. The monoisotopic (exact) mass is 215 g/mol. The van der Waals surface area contributed by atoms with Gasteiger partial charge in [-0.1, -0.05) is 18.7 Å². The second kappa shape index (κ2) is 5.72. The molecule has 0 fully saturated rings. The van der Waals surface area contributed by atoms with Crippen molar-refractivity contribution in [3.63, 3.8) is 0 Å². The highest BCUT2D eigenvalue weighted by molar-refractivity contribution is 5.81. The summed E-state index contributed by atoms with van der Waals surface area (Å²) >= 11 is 0. The summed E-state index contributed by atoms with van der Waals surface area (Å²) in [6, 6.07) is 9.26. The second-order valence-corrected chi connectivity index (χ2v) is 3.46. The highest BCUT2D eigenvalue weighted by atomic mass is 16.5. The molecule has 0 N–H and O–H groups in total. The number of carbonyl (C=O) groups excluding carboxylic acids is 1. The van der Waals surface area contributed by atoms with E-state index in [4.69, 9.17) is 10.00 Å². The molecule has 3 heteroatoms. The van der Waals surface area contributed by atoms with E-state index < -0.39 is 5.97 Å². The Labute approximate surface area is 95.0 Å². The molecule has 0 aromatic heterocycles. The third-order valence-corrected chi connectivity index (χ3v) is 2.09. The van der Waals surface area contributed by atoms with Gasteiger partial charge in [-0.25, -0.2) is 4.79 Å². The molecule has 0 heterocycles. The third-order valence-electron chi connectivity index (χ3n) is 2.09. The predicted molar refractivity (Wildman–Crippen MR) is 60.6 cm³/mol. The van der Waals surface area contributed by atoms with Crippen LogP contribution in [0.1, 0.15) is 18.1 Å². The molecule has 3 nitrogen and oxygen atoms in total. The lowest BCUT2D eigenvalue weighted by Crippen LogP contribution is -2.15. The van der Waals surface area contributed by atoms with Gasteiger partial charge >= 0.3 is 5.97 Å². The van der Waals surface area contributed by atoms with Gasteiger partial charge in [0, 0.05) is 12.5 Å². The fourth-order valence-corrected chi connectivity index (χ4v) is 1.34. The Morgan fingerprint density at radius 3 is 2.69 bits per heavy atom. The van der Waals surface area contributed by atoms with Crippen LogP contribution in [0.25, 0.3) is 0 Å². The number of nitriles is 1. The van der Waals surface area contributed by atoms with Gasteiger partial charge < -0.3 is 4.74 Å². The van der Waals surface area contributed by atoms with Crippen molar-refractivity contribution in [2.24, 2.45) is 0 Å². The van der Waals surface area contributed by atoms with Crippen LogP contribution in [0.2, 0.25) is 0 Å². The number of hydrogen-bond donors (Lipinski definition) is 0. The summed E-state index contributed by atoms with van der Waals surface area (Å²) in [5, 5.41) is 8.63. The molecular weight excluding hydrogens is 202 g/mol. The second-order valence-electron chi connectivity index (χ2n) is 3.46. The van der Waals surface area contributed by atoms with Gasteiger partial charge in [-0.2, -0.15) is 5.26 Å². The van der Waals surface area contributed by atoms with Crippen LogP contribution < -0.4 is 0 Å². The molecule has 0 amide bonds. The average Bonchev–Trinajstić information content (AvgIpc) is 2.29. The number of nitrogens with zero attached hydrogens (tertiary/aromatic N) is 1. The van der Waals surface area contributed by atoms with Gasteiger partial charge in [-0.15, -0.1) is 0 Å².